The van der Waals surface area contributed by atoms with Crippen LogP contribution in [0, 0.1) is 28.6 Å². The number of hydrogen-bond donors (Lipinski definition) is 4. The van der Waals surface area contributed by atoms with Gasteiger partial charge in [0.1, 0.15) is 12.1 Å². The fourth-order valence-corrected chi connectivity index (χ4v) is 8.15. The summed E-state index contributed by atoms with van der Waals surface area (Å²) in [5.74, 6) is 1.81. The van der Waals surface area contributed by atoms with Crippen molar-refractivity contribution in [3.63, 3.8) is 0 Å². The molecule has 4 aliphatic carbocycles. The van der Waals surface area contributed by atoms with Crippen molar-refractivity contribution >= 4 is 17.3 Å². The maximum Gasteiger partial charge on any atom is 0.323 e. The molecule has 2 saturated carbocycles. The molecule has 0 amide bonds. The molecule has 4 unspecified atom stereocenters. The number of rotatable bonds is 8. The van der Waals surface area contributed by atoms with Gasteiger partial charge in [0.25, 0.3) is 0 Å². The zero-order chi connectivity index (χ0) is 26.2. The number of ether oxygens (including phenoxy) is 1. The molecular formula is C31H46N4O2. The van der Waals surface area contributed by atoms with Crippen LogP contribution < -0.4 is 22.1 Å². The predicted octanol–water partition coefficient (Wildman–Crippen LogP) is 5.57. The van der Waals surface area contributed by atoms with E-state index in [0.29, 0.717) is 30.7 Å². The first-order valence-corrected chi connectivity index (χ1v) is 14.4. The molecule has 0 aromatic heterocycles. The SMILES string of the molecule is CNc1ccccc1NC1=CCC2C3CC=C4C[C@@H](OC(=O)C(N)CCCN)CC[C@]4(C)C3CC[C@]12C. The molecule has 2 fully saturated rings. The second kappa shape index (κ2) is 10.5. The average Bonchev–Trinajstić information content (AvgIpc) is 3.23. The molecule has 0 aliphatic heterocycles. The Balaban J connectivity index is 1.27. The lowest BCUT2D eigenvalue weighted by Gasteiger charge is -2.57. The summed E-state index contributed by atoms with van der Waals surface area (Å²) < 4.78 is 5.89. The topological polar surface area (TPSA) is 102 Å². The fraction of sp³-hybridized carbons (Fsp3) is 0.645. The molecule has 0 saturated heterocycles. The number of benzene rings is 1. The van der Waals surface area contributed by atoms with Crippen LogP contribution in [0.2, 0.25) is 0 Å². The molecule has 6 N–H and O–H groups in total. The monoisotopic (exact) mass is 506 g/mol. The maximum atomic E-state index is 12.5. The number of nitrogens with two attached hydrogens (primary N) is 2. The second-order valence-corrected chi connectivity index (χ2v) is 12.3. The van der Waals surface area contributed by atoms with Crippen molar-refractivity contribution < 1.29 is 9.53 Å². The Morgan fingerprint density at radius 3 is 2.59 bits per heavy atom. The fourth-order valence-electron chi connectivity index (χ4n) is 8.15. The number of nitrogens with one attached hydrogen (secondary N) is 2. The van der Waals surface area contributed by atoms with E-state index < -0.39 is 6.04 Å². The lowest BCUT2D eigenvalue weighted by atomic mass is 9.48. The van der Waals surface area contributed by atoms with Crippen LogP contribution in [-0.4, -0.2) is 31.7 Å². The molecule has 0 bridgehead atoms. The molecule has 6 heteroatoms. The van der Waals surface area contributed by atoms with Crippen molar-refractivity contribution in [2.75, 3.05) is 24.2 Å². The number of fused-ring (bicyclic) bond motifs is 5. The number of esters is 1. The average molecular weight is 507 g/mol. The summed E-state index contributed by atoms with van der Waals surface area (Å²) in [4.78, 5) is 12.5. The van der Waals surface area contributed by atoms with Crippen molar-refractivity contribution in [3.8, 4) is 0 Å². The van der Waals surface area contributed by atoms with E-state index in [1.165, 1.54) is 24.1 Å². The first kappa shape index (κ1) is 26.3. The predicted molar refractivity (Wildman–Crippen MR) is 151 cm³/mol. The van der Waals surface area contributed by atoms with Crippen LogP contribution in [0.25, 0.3) is 0 Å². The molecule has 0 radical (unpaired) electrons. The Morgan fingerprint density at radius 1 is 1.08 bits per heavy atom. The zero-order valence-electron chi connectivity index (χ0n) is 22.9. The smallest absolute Gasteiger partial charge is 0.323 e. The summed E-state index contributed by atoms with van der Waals surface area (Å²) >= 11 is 0. The van der Waals surface area contributed by atoms with Gasteiger partial charge in [0, 0.05) is 24.6 Å². The van der Waals surface area contributed by atoms with Crippen molar-refractivity contribution in [2.24, 2.45) is 40.1 Å². The molecule has 6 nitrogen and oxygen atoms in total. The quantitative estimate of drug-likeness (QED) is 0.271. The number of anilines is 2. The number of allylic oxidation sites excluding steroid dienone is 3. The van der Waals surface area contributed by atoms with E-state index in [4.69, 9.17) is 16.2 Å². The summed E-state index contributed by atoms with van der Waals surface area (Å²) in [6, 6.07) is 7.92. The van der Waals surface area contributed by atoms with Gasteiger partial charge in [-0.05, 0) is 93.2 Å². The molecule has 0 heterocycles. The number of para-hydroxylation sites is 2. The third kappa shape index (κ3) is 4.72. The highest BCUT2D eigenvalue weighted by Crippen LogP contribution is 2.65. The molecule has 202 valence electrons. The van der Waals surface area contributed by atoms with E-state index in [-0.39, 0.29) is 22.9 Å². The van der Waals surface area contributed by atoms with Gasteiger partial charge >= 0.3 is 5.97 Å². The first-order valence-electron chi connectivity index (χ1n) is 14.4. The van der Waals surface area contributed by atoms with Crippen molar-refractivity contribution in [2.45, 2.75) is 83.8 Å². The maximum absolute atomic E-state index is 12.5. The molecule has 1 aromatic rings. The van der Waals surface area contributed by atoms with Crippen LogP contribution in [0.5, 0.6) is 0 Å². The summed E-state index contributed by atoms with van der Waals surface area (Å²) in [6.07, 6.45) is 14.0. The third-order valence-corrected chi connectivity index (χ3v) is 10.4. The number of hydrogen-bond acceptors (Lipinski definition) is 6. The molecule has 1 aromatic carbocycles. The van der Waals surface area contributed by atoms with Crippen LogP contribution >= 0.6 is 0 Å². The Kier molecular flexibility index (Phi) is 7.43. The second-order valence-electron chi connectivity index (χ2n) is 12.3. The lowest BCUT2D eigenvalue weighted by molar-refractivity contribution is -0.153. The Bertz CT molecular complexity index is 1070. The Labute approximate surface area is 222 Å². The number of carbonyl (C=O) groups is 1. The van der Waals surface area contributed by atoms with Gasteiger partial charge in [-0.3, -0.25) is 4.79 Å². The first-order chi connectivity index (χ1) is 17.8. The minimum absolute atomic E-state index is 0.0441. The van der Waals surface area contributed by atoms with Crippen LogP contribution in [0.15, 0.2) is 47.7 Å². The number of carbonyl (C=O) groups excluding carboxylic acids is 1. The van der Waals surface area contributed by atoms with Gasteiger partial charge < -0.3 is 26.8 Å². The molecule has 4 aliphatic rings. The van der Waals surface area contributed by atoms with E-state index in [0.717, 1.165) is 49.9 Å². The van der Waals surface area contributed by atoms with Crippen molar-refractivity contribution in [3.05, 3.63) is 47.7 Å². The standard InChI is InChI=1S/C31H46N4O2/c1-30-16-14-21(37-29(36)25(33)7-6-18-32)19-20(30)10-11-22-23-12-13-28(31(23,2)17-15-24(22)30)35-27-9-5-4-8-26(27)34-3/h4-5,8-10,13,21-25,34-35H,6-7,11-12,14-19,32-33H2,1-3H3/t21-,22?,23?,24?,25?,30-,31-/m0/s1. The molecule has 5 rings (SSSR count). The Hall–Kier alpha value is -2.31. The van der Waals surface area contributed by atoms with E-state index in [1.807, 2.05) is 7.05 Å². The van der Waals surface area contributed by atoms with Crippen LogP contribution in [0.4, 0.5) is 11.4 Å². The van der Waals surface area contributed by atoms with Gasteiger partial charge in [-0.1, -0.05) is 43.7 Å². The van der Waals surface area contributed by atoms with Gasteiger partial charge in [0.15, 0.2) is 0 Å². The highest BCUT2D eigenvalue weighted by Gasteiger charge is 2.57. The van der Waals surface area contributed by atoms with Gasteiger partial charge in [0.2, 0.25) is 0 Å². The van der Waals surface area contributed by atoms with Gasteiger partial charge in [-0.2, -0.15) is 0 Å². The van der Waals surface area contributed by atoms with Crippen LogP contribution in [-0.2, 0) is 9.53 Å². The van der Waals surface area contributed by atoms with Crippen molar-refractivity contribution in [1.82, 2.24) is 0 Å². The summed E-state index contributed by atoms with van der Waals surface area (Å²) in [5.41, 5.74) is 17.2. The molecule has 0 spiro atoms. The highest BCUT2D eigenvalue weighted by molar-refractivity contribution is 5.75. The van der Waals surface area contributed by atoms with Gasteiger partial charge in [0.05, 0.1) is 11.4 Å². The van der Waals surface area contributed by atoms with Crippen LogP contribution in [0.1, 0.15) is 71.6 Å². The molecule has 7 atom stereocenters. The highest BCUT2D eigenvalue weighted by atomic mass is 16.5. The summed E-state index contributed by atoms with van der Waals surface area (Å²) in [6.45, 7) is 5.54. The zero-order valence-corrected chi connectivity index (χ0v) is 22.9. The molecular weight excluding hydrogens is 460 g/mol. The molecule has 37 heavy (non-hydrogen) atoms. The minimum Gasteiger partial charge on any atom is -0.461 e. The van der Waals surface area contributed by atoms with Crippen molar-refractivity contribution in [1.29, 1.82) is 0 Å². The van der Waals surface area contributed by atoms with E-state index in [2.05, 4.69) is 60.9 Å². The third-order valence-electron chi connectivity index (χ3n) is 10.4. The largest absolute Gasteiger partial charge is 0.461 e. The summed E-state index contributed by atoms with van der Waals surface area (Å²) in [7, 11) is 1.98. The lowest BCUT2D eigenvalue weighted by Crippen LogP contribution is -2.50. The van der Waals surface area contributed by atoms with E-state index >= 15 is 0 Å². The summed E-state index contributed by atoms with van der Waals surface area (Å²) in [5, 5.41) is 7.15. The van der Waals surface area contributed by atoms with E-state index in [1.54, 1.807) is 0 Å². The van der Waals surface area contributed by atoms with Gasteiger partial charge in [-0.25, -0.2) is 0 Å². The van der Waals surface area contributed by atoms with E-state index in [9.17, 15) is 4.79 Å². The minimum atomic E-state index is -0.560. The van der Waals surface area contributed by atoms with Crippen LogP contribution in [0.3, 0.4) is 0 Å². The van der Waals surface area contributed by atoms with Gasteiger partial charge in [-0.15, -0.1) is 0 Å². The Morgan fingerprint density at radius 2 is 1.84 bits per heavy atom. The normalized spacial score (nSPS) is 35.3.